The lowest BCUT2D eigenvalue weighted by molar-refractivity contribution is -0.140. The molecule has 0 aromatic heterocycles. The van der Waals surface area contributed by atoms with Gasteiger partial charge < -0.3 is 10.2 Å². The molecule has 5 rings (SSSR count). The first-order chi connectivity index (χ1) is 22.5. The van der Waals surface area contributed by atoms with Gasteiger partial charge in [0.1, 0.15) is 18.4 Å². The van der Waals surface area contributed by atoms with E-state index in [1.165, 1.54) is 4.90 Å². The maximum Gasteiger partial charge on any atom is 0.264 e. The molecule has 0 unspecified atom stereocenters. The Bertz CT molecular complexity index is 1800. The van der Waals surface area contributed by atoms with Crippen molar-refractivity contribution in [3.05, 3.63) is 130 Å². The number of carbonyl (C=O) groups excluding carboxylic acids is 2. The highest BCUT2D eigenvalue weighted by atomic mass is 35.5. The van der Waals surface area contributed by atoms with Crippen LogP contribution < -0.4 is 9.62 Å². The lowest BCUT2D eigenvalue weighted by Crippen LogP contribution is -2.54. The summed E-state index contributed by atoms with van der Waals surface area (Å²) in [5, 5.41) is 3.86. The molecule has 0 spiro atoms. The molecule has 4 aromatic carbocycles. The fraction of sp³-hybridized carbons (Fsp3) is 0.278. The minimum Gasteiger partial charge on any atom is -0.352 e. The summed E-state index contributed by atoms with van der Waals surface area (Å²) in [4.78, 5) is 29.9. The van der Waals surface area contributed by atoms with Crippen molar-refractivity contribution in [1.29, 1.82) is 0 Å². The summed E-state index contributed by atoms with van der Waals surface area (Å²) in [5.74, 6) is -1.54. The summed E-state index contributed by atoms with van der Waals surface area (Å²) in [6.45, 7) is 1.15. The van der Waals surface area contributed by atoms with Crippen molar-refractivity contribution in [2.45, 2.75) is 62.6 Å². The Labute approximate surface area is 285 Å². The van der Waals surface area contributed by atoms with E-state index < -0.39 is 34.3 Å². The van der Waals surface area contributed by atoms with Crippen molar-refractivity contribution in [3.63, 3.8) is 0 Å². The number of rotatable bonds is 12. The van der Waals surface area contributed by atoms with Gasteiger partial charge in [-0.1, -0.05) is 90.1 Å². The maximum atomic E-state index is 14.6. The van der Waals surface area contributed by atoms with Gasteiger partial charge in [-0.05, 0) is 79.4 Å². The molecule has 0 saturated heterocycles. The third-order valence-corrected chi connectivity index (χ3v) is 10.7. The van der Waals surface area contributed by atoms with Gasteiger partial charge in [0.05, 0.1) is 10.6 Å². The van der Waals surface area contributed by atoms with E-state index in [1.807, 2.05) is 37.3 Å². The van der Waals surface area contributed by atoms with Crippen LogP contribution in [-0.4, -0.2) is 43.8 Å². The highest BCUT2D eigenvalue weighted by Crippen LogP contribution is 2.28. The number of sulfonamides is 1. The van der Waals surface area contributed by atoms with Crippen molar-refractivity contribution in [3.8, 4) is 0 Å². The Hall–Kier alpha value is -3.92. The van der Waals surface area contributed by atoms with E-state index in [0.29, 0.717) is 15.6 Å². The highest BCUT2D eigenvalue weighted by Gasteiger charge is 2.36. The monoisotopic (exact) mass is 695 g/mol. The summed E-state index contributed by atoms with van der Waals surface area (Å²) in [7, 11) is -4.35. The van der Waals surface area contributed by atoms with Crippen LogP contribution in [0.1, 0.15) is 42.4 Å². The van der Waals surface area contributed by atoms with Gasteiger partial charge in [0.25, 0.3) is 10.0 Å². The van der Waals surface area contributed by atoms with E-state index in [-0.39, 0.29) is 35.5 Å². The molecule has 1 atom stereocenters. The van der Waals surface area contributed by atoms with Crippen molar-refractivity contribution in [2.24, 2.45) is 0 Å². The van der Waals surface area contributed by atoms with Gasteiger partial charge in [0.15, 0.2) is 0 Å². The van der Waals surface area contributed by atoms with Crippen molar-refractivity contribution >= 4 is 50.7 Å². The number of hydrogen-bond donors (Lipinski definition) is 1. The molecule has 0 bridgehead atoms. The highest BCUT2D eigenvalue weighted by molar-refractivity contribution is 7.92. The van der Waals surface area contributed by atoms with Crippen molar-refractivity contribution in [2.75, 3.05) is 10.8 Å². The largest absolute Gasteiger partial charge is 0.352 e. The second kappa shape index (κ2) is 15.3. The Morgan fingerprint density at radius 3 is 2.21 bits per heavy atom. The summed E-state index contributed by atoms with van der Waals surface area (Å²) >= 11 is 12.8. The van der Waals surface area contributed by atoms with Gasteiger partial charge in [0, 0.05) is 29.1 Å². The van der Waals surface area contributed by atoms with Gasteiger partial charge in [-0.15, -0.1) is 0 Å². The number of amides is 2. The van der Waals surface area contributed by atoms with E-state index in [4.69, 9.17) is 23.2 Å². The van der Waals surface area contributed by atoms with E-state index in [0.717, 1.165) is 65.4 Å². The zero-order valence-electron chi connectivity index (χ0n) is 25.9. The third kappa shape index (κ3) is 8.71. The third-order valence-electron chi connectivity index (χ3n) is 8.33. The molecule has 47 heavy (non-hydrogen) atoms. The molecule has 1 N–H and O–H groups in total. The van der Waals surface area contributed by atoms with Gasteiger partial charge in [0.2, 0.25) is 11.8 Å². The fourth-order valence-corrected chi connectivity index (χ4v) is 7.61. The summed E-state index contributed by atoms with van der Waals surface area (Å²) in [6, 6.07) is 24.4. The van der Waals surface area contributed by atoms with Crippen LogP contribution in [0.4, 0.5) is 10.1 Å². The number of anilines is 1. The Morgan fingerprint density at radius 2 is 1.57 bits per heavy atom. The first-order valence-corrected chi connectivity index (χ1v) is 17.6. The summed E-state index contributed by atoms with van der Waals surface area (Å²) in [6.07, 6.45) is 3.88. The molecule has 0 heterocycles. The van der Waals surface area contributed by atoms with Crippen LogP contribution >= 0.6 is 23.2 Å². The molecule has 1 saturated carbocycles. The van der Waals surface area contributed by atoms with Gasteiger partial charge in [-0.2, -0.15) is 0 Å². The number of carbonyl (C=O) groups is 2. The molecule has 0 radical (unpaired) electrons. The van der Waals surface area contributed by atoms with E-state index in [9.17, 15) is 22.4 Å². The molecule has 246 valence electrons. The molecule has 4 aromatic rings. The van der Waals surface area contributed by atoms with Gasteiger partial charge >= 0.3 is 0 Å². The second-order valence-electron chi connectivity index (χ2n) is 11.8. The first kappa shape index (κ1) is 34.4. The lowest BCUT2D eigenvalue weighted by Gasteiger charge is -2.34. The number of hydrogen-bond acceptors (Lipinski definition) is 4. The van der Waals surface area contributed by atoms with Crippen LogP contribution in [0.3, 0.4) is 0 Å². The maximum absolute atomic E-state index is 14.6. The van der Waals surface area contributed by atoms with Crippen LogP contribution in [0, 0.1) is 12.7 Å². The zero-order valence-corrected chi connectivity index (χ0v) is 28.2. The molecule has 1 aliphatic carbocycles. The lowest BCUT2D eigenvalue weighted by atomic mass is 10.0. The van der Waals surface area contributed by atoms with Crippen molar-refractivity contribution < 1.29 is 22.4 Å². The van der Waals surface area contributed by atoms with Crippen LogP contribution in [0.2, 0.25) is 10.0 Å². The topological polar surface area (TPSA) is 86.8 Å². The standard InChI is InChI=1S/C36H36Cl2FN3O4S/c1-25-11-17-31(18-12-25)42(47(45,46)32-19-15-29(39)16-20-32)24-35(43)41(23-27-13-14-28(37)22-33(27)38)34(21-26-7-3-2-4-8-26)36(44)40-30-9-5-6-10-30/h2-4,7-8,11-20,22,30,34H,5-6,9-10,21,23-24H2,1H3,(H,40,44)/t34-/m1/s1. The molecule has 2 amide bonds. The van der Waals surface area contributed by atoms with Gasteiger partial charge in [-0.3, -0.25) is 13.9 Å². The first-order valence-electron chi connectivity index (χ1n) is 15.4. The smallest absolute Gasteiger partial charge is 0.264 e. The molecule has 0 aliphatic heterocycles. The summed E-state index contributed by atoms with van der Waals surface area (Å²) < 4.78 is 42.9. The number of nitrogens with zero attached hydrogens (tertiary/aromatic N) is 2. The Balaban J connectivity index is 1.58. The summed E-state index contributed by atoms with van der Waals surface area (Å²) in [5.41, 5.74) is 2.50. The zero-order chi connectivity index (χ0) is 33.6. The quantitative estimate of drug-likeness (QED) is 0.168. The number of halogens is 3. The molecule has 1 fully saturated rings. The predicted octanol–water partition coefficient (Wildman–Crippen LogP) is 7.34. The minimum absolute atomic E-state index is 0.0141. The van der Waals surface area contributed by atoms with Gasteiger partial charge in [-0.25, -0.2) is 12.8 Å². The van der Waals surface area contributed by atoms with E-state index in [1.54, 1.807) is 42.5 Å². The molecule has 7 nitrogen and oxygen atoms in total. The molecule has 1 aliphatic rings. The Kier molecular flexibility index (Phi) is 11.2. The number of aryl methyl sites for hydroxylation is 1. The molecule has 11 heteroatoms. The van der Waals surface area contributed by atoms with Crippen LogP contribution in [-0.2, 0) is 32.6 Å². The molecular formula is C36H36Cl2FN3O4S. The number of nitrogens with one attached hydrogen (secondary N) is 1. The minimum atomic E-state index is -4.35. The van der Waals surface area contributed by atoms with Crippen LogP contribution in [0.15, 0.2) is 102 Å². The fourth-order valence-electron chi connectivity index (χ4n) is 5.73. The van der Waals surface area contributed by atoms with Crippen LogP contribution in [0.5, 0.6) is 0 Å². The average Bonchev–Trinajstić information content (AvgIpc) is 3.56. The van der Waals surface area contributed by atoms with E-state index >= 15 is 0 Å². The average molecular weight is 697 g/mol. The Morgan fingerprint density at radius 1 is 0.915 bits per heavy atom. The molecular weight excluding hydrogens is 660 g/mol. The van der Waals surface area contributed by atoms with E-state index in [2.05, 4.69) is 5.32 Å². The number of benzene rings is 4. The van der Waals surface area contributed by atoms with Crippen molar-refractivity contribution in [1.82, 2.24) is 10.2 Å². The normalized spacial score (nSPS) is 14.0. The van der Waals surface area contributed by atoms with Crippen LogP contribution in [0.25, 0.3) is 0 Å². The SMILES string of the molecule is Cc1ccc(N(CC(=O)N(Cc2ccc(Cl)cc2Cl)[C@H](Cc2ccccc2)C(=O)NC2CCCC2)S(=O)(=O)c2ccc(F)cc2)cc1. The predicted molar refractivity (Wildman–Crippen MR) is 183 cm³/mol. The second-order valence-corrected chi connectivity index (χ2v) is 14.5.